The number of rotatable bonds is 5. The molecule has 0 aliphatic heterocycles. The molecule has 0 fully saturated rings. The second kappa shape index (κ2) is 7.08. The van der Waals surface area contributed by atoms with Gasteiger partial charge in [0.05, 0.1) is 17.4 Å². The molecule has 1 aromatic carbocycles. The Bertz CT molecular complexity index is 541. The number of anilines is 1. The van der Waals surface area contributed by atoms with Gasteiger partial charge in [0.25, 0.3) is 0 Å². The third kappa shape index (κ3) is 4.75. The topological polar surface area (TPSA) is 89.9 Å². The van der Waals surface area contributed by atoms with Crippen LogP contribution in [0.15, 0.2) is 12.1 Å². The van der Waals surface area contributed by atoms with Crippen molar-refractivity contribution in [3.05, 3.63) is 28.8 Å². The second-order valence-corrected chi connectivity index (χ2v) is 5.30. The lowest BCUT2D eigenvalue weighted by Crippen LogP contribution is -2.34. The van der Waals surface area contributed by atoms with Gasteiger partial charge in [0.15, 0.2) is 0 Å². The van der Waals surface area contributed by atoms with E-state index in [1.807, 2.05) is 6.07 Å². The molecule has 21 heavy (non-hydrogen) atoms. The Morgan fingerprint density at radius 2 is 1.95 bits per heavy atom. The lowest BCUT2D eigenvalue weighted by atomic mass is 10.0. The zero-order valence-electron chi connectivity index (χ0n) is 12.8. The number of carboxylic acids is 1. The second-order valence-electron chi connectivity index (χ2n) is 5.30. The number of aliphatic hydroxyl groups is 1. The summed E-state index contributed by atoms with van der Waals surface area (Å²) < 4.78 is 0. The number of aromatic carboxylic acids is 1. The van der Waals surface area contributed by atoms with Gasteiger partial charge in [-0.1, -0.05) is 6.07 Å². The number of aryl methyl sites for hydroxylation is 2. The fourth-order valence-corrected chi connectivity index (χ4v) is 1.99. The average Bonchev–Trinajstić information content (AvgIpc) is 2.38. The number of amides is 2. The SMILES string of the molecule is Cc1cc(C)c(NC(=O)N(C)CCC(C)O)c(C(=O)O)c1. The fraction of sp³-hybridized carbons (Fsp3) is 0.467. The summed E-state index contributed by atoms with van der Waals surface area (Å²) in [6, 6.07) is 2.95. The third-order valence-corrected chi connectivity index (χ3v) is 3.17. The van der Waals surface area contributed by atoms with Crippen molar-refractivity contribution in [1.29, 1.82) is 0 Å². The quantitative estimate of drug-likeness (QED) is 0.777. The van der Waals surface area contributed by atoms with Gasteiger partial charge in [-0.15, -0.1) is 0 Å². The standard InChI is InChI=1S/C15H22N2O4/c1-9-7-10(2)13(12(8-9)14(19)20)16-15(21)17(4)6-5-11(3)18/h7-8,11,18H,5-6H2,1-4H3,(H,16,21)(H,19,20). The monoisotopic (exact) mass is 294 g/mol. The highest BCUT2D eigenvalue weighted by molar-refractivity contribution is 6.01. The summed E-state index contributed by atoms with van der Waals surface area (Å²) in [6.45, 7) is 5.60. The molecule has 1 aromatic rings. The van der Waals surface area contributed by atoms with Gasteiger partial charge in [0.1, 0.15) is 0 Å². The van der Waals surface area contributed by atoms with Crippen molar-refractivity contribution in [3.8, 4) is 0 Å². The van der Waals surface area contributed by atoms with Crippen LogP contribution in [0.3, 0.4) is 0 Å². The number of carboxylic acid groups (broad SMARTS) is 1. The predicted octanol–water partition coefficient (Wildman–Crippen LogP) is 2.24. The highest BCUT2D eigenvalue weighted by Gasteiger charge is 2.17. The summed E-state index contributed by atoms with van der Waals surface area (Å²) >= 11 is 0. The number of hydrogen-bond acceptors (Lipinski definition) is 3. The van der Waals surface area contributed by atoms with E-state index in [9.17, 15) is 19.8 Å². The normalized spacial score (nSPS) is 11.9. The Labute approximate surface area is 124 Å². The van der Waals surface area contributed by atoms with Gasteiger partial charge in [-0.05, 0) is 44.4 Å². The van der Waals surface area contributed by atoms with E-state index in [-0.39, 0.29) is 5.56 Å². The first kappa shape index (κ1) is 17.0. The van der Waals surface area contributed by atoms with Crippen molar-refractivity contribution in [3.63, 3.8) is 0 Å². The van der Waals surface area contributed by atoms with Crippen LogP contribution >= 0.6 is 0 Å². The lowest BCUT2D eigenvalue weighted by molar-refractivity contribution is 0.0698. The van der Waals surface area contributed by atoms with E-state index in [2.05, 4.69) is 5.32 Å². The van der Waals surface area contributed by atoms with Crippen molar-refractivity contribution < 1.29 is 19.8 Å². The molecule has 0 saturated heterocycles. The minimum absolute atomic E-state index is 0.0739. The molecule has 0 bridgehead atoms. The number of urea groups is 1. The molecule has 0 radical (unpaired) electrons. The Morgan fingerprint density at radius 1 is 1.33 bits per heavy atom. The summed E-state index contributed by atoms with van der Waals surface area (Å²) in [7, 11) is 1.60. The van der Waals surface area contributed by atoms with Gasteiger partial charge in [-0.2, -0.15) is 0 Å². The van der Waals surface area contributed by atoms with E-state index < -0.39 is 18.1 Å². The molecule has 1 rings (SSSR count). The van der Waals surface area contributed by atoms with Gasteiger partial charge in [0, 0.05) is 13.6 Å². The first-order valence-electron chi connectivity index (χ1n) is 6.77. The summed E-state index contributed by atoms with van der Waals surface area (Å²) in [6.07, 6.45) is -0.0290. The van der Waals surface area contributed by atoms with E-state index >= 15 is 0 Å². The molecule has 0 aliphatic carbocycles. The first-order chi connectivity index (χ1) is 9.72. The maximum absolute atomic E-state index is 12.1. The van der Waals surface area contributed by atoms with E-state index in [1.54, 1.807) is 27.8 Å². The van der Waals surface area contributed by atoms with Gasteiger partial charge >= 0.3 is 12.0 Å². The lowest BCUT2D eigenvalue weighted by Gasteiger charge is -2.20. The number of carbonyl (C=O) groups excluding carboxylic acids is 1. The Morgan fingerprint density at radius 3 is 2.48 bits per heavy atom. The number of carbonyl (C=O) groups is 2. The van der Waals surface area contributed by atoms with Gasteiger partial charge in [0.2, 0.25) is 0 Å². The Balaban J connectivity index is 2.92. The van der Waals surface area contributed by atoms with Crippen LogP contribution in [0.5, 0.6) is 0 Å². The average molecular weight is 294 g/mol. The molecule has 0 spiro atoms. The zero-order chi connectivity index (χ0) is 16.2. The van der Waals surface area contributed by atoms with Crippen molar-refractivity contribution in [2.45, 2.75) is 33.3 Å². The van der Waals surface area contributed by atoms with E-state index in [0.717, 1.165) is 5.56 Å². The molecule has 1 atom stereocenters. The molecule has 0 heterocycles. The van der Waals surface area contributed by atoms with Crippen LogP contribution in [-0.2, 0) is 0 Å². The van der Waals surface area contributed by atoms with E-state index in [1.165, 1.54) is 11.0 Å². The molecule has 0 aliphatic rings. The number of benzene rings is 1. The molecular formula is C15H22N2O4. The van der Waals surface area contributed by atoms with Crippen molar-refractivity contribution in [2.75, 3.05) is 18.9 Å². The summed E-state index contributed by atoms with van der Waals surface area (Å²) in [5.41, 5.74) is 1.90. The van der Waals surface area contributed by atoms with Crippen LogP contribution in [0.2, 0.25) is 0 Å². The van der Waals surface area contributed by atoms with E-state index in [0.29, 0.717) is 24.2 Å². The van der Waals surface area contributed by atoms with Crippen molar-refractivity contribution >= 4 is 17.7 Å². The molecule has 116 valence electrons. The molecule has 6 heteroatoms. The van der Waals surface area contributed by atoms with Crippen LogP contribution < -0.4 is 5.32 Å². The number of nitrogens with zero attached hydrogens (tertiary/aromatic N) is 1. The van der Waals surface area contributed by atoms with Crippen LogP contribution in [0.1, 0.15) is 34.8 Å². The van der Waals surface area contributed by atoms with Gasteiger partial charge in [-0.25, -0.2) is 9.59 Å². The Hall–Kier alpha value is -2.08. The maximum atomic E-state index is 12.1. The first-order valence-corrected chi connectivity index (χ1v) is 6.77. The van der Waals surface area contributed by atoms with Gasteiger partial charge in [-0.3, -0.25) is 0 Å². The highest BCUT2D eigenvalue weighted by Crippen LogP contribution is 2.23. The molecule has 2 amide bonds. The molecule has 0 aromatic heterocycles. The fourth-order valence-electron chi connectivity index (χ4n) is 1.99. The minimum atomic E-state index is -1.08. The summed E-state index contributed by atoms with van der Waals surface area (Å²) in [5, 5.41) is 21.1. The molecular weight excluding hydrogens is 272 g/mol. The molecule has 1 unspecified atom stereocenters. The minimum Gasteiger partial charge on any atom is -0.478 e. The third-order valence-electron chi connectivity index (χ3n) is 3.17. The largest absolute Gasteiger partial charge is 0.478 e. The van der Waals surface area contributed by atoms with E-state index in [4.69, 9.17) is 0 Å². The van der Waals surface area contributed by atoms with Crippen molar-refractivity contribution in [2.24, 2.45) is 0 Å². The summed E-state index contributed by atoms with van der Waals surface area (Å²) in [5.74, 6) is -1.08. The molecule has 0 saturated carbocycles. The number of aliphatic hydroxyl groups excluding tert-OH is 1. The number of nitrogens with one attached hydrogen (secondary N) is 1. The summed E-state index contributed by atoms with van der Waals surface area (Å²) in [4.78, 5) is 24.8. The Kier molecular flexibility index (Phi) is 5.72. The molecule has 3 N–H and O–H groups in total. The maximum Gasteiger partial charge on any atom is 0.337 e. The van der Waals surface area contributed by atoms with Crippen LogP contribution in [0, 0.1) is 13.8 Å². The predicted molar refractivity (Wildman–Crippen MR) is 80.8 cm³/mol. The van der Waals surface area contributed by atoms with Crippen LogP contribution in [0.4, 0.5) is 10.5 Å². The highest BCUT2D eigenvalue weighted by atomic mass is 16.4. The van der Waals surface area contributed by atoms with Crippen LogP contribution in [0.25, 0.3) is 0 Å². The zero-order valence-corrected chi connectivity index (χ0v) is 12.8. The smallest absolute Gasteiger partial charge is 0.337 e. The van der Waals surface area contributed by atoms with Crippen LogP contribution in [-0.4, -0.2) is 46.8 Å². The molecule has 6 nitrogen and oxygen atoms in total. The van der Waals surface area contributed by atoms with Crippen molar-refractivity contribution in [1.82, 2.24) is 4.90 Å². The van der Waals surface area contributed by atoms with Gasteiger partial charge < -0.3 is 20.4 Å². The number of hydrogen-bond donors (Lipinski definition) is 3.